The number of hydrogen-bond acceptors (Lipinski definition) is 6. The molecule has 8 nitrogen and oxygen atoms in total. The van der Waals surface area contributed by atoms with Crippen molar-refractivity contribution in [2.75, 3.05) is 31.7 Å². The Morgan fingerprint density at radius 1 is 1.23 bits per heavy atom. The minimum Gasteiger partial charge on any atom is -0.406 e. The molecule has 1 aliphatic rings. The third kappa shape index (κ3) is 6.45. The second-order valence-electron chi connectivity index (χ2n) is 7.10. The summed E-state index contributed by atoms with van der Waals surface area (Å²) in [6.07, 6.45) is -1.74. The number of nitrogens with zero attached hydrogens (tertiary/aromatic N) is 2. The van der Waals surface area contributed by atoms with Gasteiger partial charge in [0.2, 0.25) is 5.95 Å². The molecule has 0 saturated carbocycles. The van der Waals surface area contributed by atoms with Gasteiger partial charge in [-0.2, -0.15) is 0 Å². The van der Waals surface area contributed by atoms with E-state index in [9.17, 15) is 22.8 Å². The van der Waals surface area contributed by atoms with Crippen LogP contribution in [0.2, 0.25) is 0 Å². The van der Waals surface area contributed by atoms with Crippen molar-refractivity contribution in [3.05, 3.63) is 51.9 Å². The van der Waals surface area contributed by atoms with E-state index in [2.05, 4.69) is 20.0 Å². The third-order valence-electron chi connectivity index (χ3n) is 4.77. The fraction of sp³-hybridized carbons (Fsp3) is 0.450. The summed E-state index contributed by atoms with van der Waals surface area (Å²) >= 11 is 0. The van der Waals surface area contributed by atoms with Gasteiger partial charge in [0.05, 0.1) is 12.6 Å². The van der Waals surface area contributed by atoms with E-state index >= 15 is 0 Å². The van der Waals surface area contributed by atoms with Crippen LogP contribution >= 0.6 is 0 Å². The predicted molar refractivity (Wildman–Crippen MR) is 106 cm³/mol. The molecule has 11 heteroatoms. The Bertz CT molecular complexity index is 941. The zero-order valence-corrected chi connectivity index (χ0v) is 16.9. The number of ether oxygens (including phenoxy) is 2. The molecule has 31 heavy (non-hydrogen) atoms. The molecular formula is C20H23F3N4O4. The molecule has 1 aromatic carbocycles. The highest BCUT2D eigenvalue weighted by molar-refractivity contribution is 5.92. The van der Waals surface area contributed by atoms with E-state index in [1.54, 1.807) is 0 Å². The average Bonchev–Trinajstić information content (AvgIpc) is 2.73. The van der Waals surface area contributed by atoms with E-state index in [1.165, 1.54) is 19.2 Å². The number of alkyl halides is 3. The van der Waals surface area contributed by atoms with Crippen LogP contribution in [-0.2, 0) is 4.74 Å². The molecule has 0 bridgehead atoms. The number of H-pyrrole nitrogens is 1. The number of methoxy groups -OCH3 is 1. The maximum absolute atomic E-state index is 12.8. The summed E-state index contributed by atoms with van der Waals surface area (Å²) in [4.78, 5) is 33.7. The molecule has 2 aromatic rings. The lowest BCUT2D eigenvalue weighted by Crippen LogP contribution is -2.35. The van der Waals surface area contributed by atoms with Crippen molar-refractivity contribution in [2.45, 2.75) is 31.7 Å². The number of amides is 1. The molecule has 1 aliphatic heterocycles. The molecule has 3 rings (SSSR count). The lowest BCUT2D eigenvalue weighted by molar-refractivity contribution is -0.274. The summed E-state index contributed by atoms with van der Waals surface area (Å²) in [5, 5.41) is 2.71. The number of halogens is 3. The van der Waals surface area contributed by atoms with Gasteiger partial charge < -0.3 is 19.7 Å². The summed E-state index contributed by atoms with van der Waals surface area (Å²) in [5.41, 5.74) is 0.00550. The normalized spacial score (nSPS) is 15.4. The van der Waals surface area contributed by atoms with Crippen LogP contribution in [0.4, 0.5) is 19.1 Å². The van der Waals surface area contributed by atoms with Gasteiger partial charge in [-0.1, -0.05) is 12.1 Å². The maximum atomic E-state index is 12.8. The number of aromatic amines is 1. The van der Waals surface area contributed by atoms with Crippen LogP contribution in [0.1, 0.15) is 41.4 Å². The van der Waals surface area contributed by atoms with Crippen LogP contribution in [0.15, 0.2) is 35.1 Å². The third-order valence-corrected chi connectivity index (χ3v) is 4.77. The van der Waals surface area contributed by atoms with E-state index in [0.29, 0.717) is 11.5 Å². The first-order valence-corrected chi connectivity index (χ1v) is 9.77. The molecule has 0 radical (unpaired) electrons. The van der Waals surface area contributed by atoms with Gasteiger partial charge in [0.15, 0.2) is 0 Å². The molecular weight excluding hydrogens is 417 g/mol. The standard InChI is InChI=1S/C20H23F3N4O4/c1-30-12-16(13-5-7-14(8-6-13)31-20(21,22)23)24-18(29)15-11-17(28)26-19(25-15)27-9-3-2-4-10-27/h5-8,11,16H,2-4,9-10,12H2,1H3,(H,24,29)(H,25,26,28). The van der Waals surface area contributed by atoms with Gasteiger partial charge in [-0.05, 0) is 37.0 Å². The SMILES string of the molecule is COCC(NC(=O)c1cc(=O)[nH]c(N2CCCCC2)n1)c1ccc(OC(F)(F)F)cc1. The summed E-state index contributed by atoms with van der Waals surface area (Å²) in [6, 6.07) is 5.53. The molecule has 2 N–H and O–H groups in total. The number of aromatic nitrogens is 2. The molecule has 1 amide bonds. The van der Waals surface area contributed by atoms with Crippen molar-refractivity contribution >= 4 is 11.9 Å². The highest BCUT2D eigenvalue weighted by Gasteiger charge is 2.31. The Morgan fingerprint density at radius 3 is 2.52 bits per heavy atom. The number of carbonyl (C=O) groups excluding carboxylic acids is 1. The zero-order valence-electron chi connectivity index (χ0n) is 16.9. The summed E-state index contributed by atoms with van der Waals surface area (Å²) in [5.74, 6) is -0.627. The molecule has 0 aliphatic carbocycles. The van der Waals surface area contributed by atoms with E-state index in [1.807, 2.05) is 4.90 Å². The van der Waals surface area contributed by atoms with Gasteiger partial charge in [-0.3, -0.25) is 14.6 Å². The van der Waals surface area contributed by atoms with Gasteiger partial charge in [-0.25, -0.2) is 4.98 Å². The predicted octanol–water partition coefficient (Wildman–Crippen LogP) is 2.78. The molecule has 2 heterocycles. The second kappa shape index (κ2) is 9.82. The highest BCUT2D eigenvalue weighted by Crippen LogP contribution is 2.25. The van der Waals surface area contributed by atoms with Crippen LogP contribution in [0.25, 0.3) is 0 Å². The number of anilines is 1. The first-order valence-electron chi connectivity index (χ1n) is 9.77. The van der Waals surface area contributed by atoms with Gasteiger partial charge in [0, 0.05) is 26.3 Å². The number of nitrogens with one attached hydrogen (secondary N) is 2. The number of carbonyl (C=O) groups is 1. The monoisotopic (exact) mass is 440 g/mol. The average molecular weight is 440 g/mol. The first-order chi connectivity index (χ1) is 14.7. The number of hydrogen-bond donors (Lipinski definition) is 2. The van der Waals surface area contributed by atoms with Crippen molar-refractivity contribution in [1.82, 2.24) is 15.3 Å². The van der Waals surface area contributed by atoms with Gasteiger partial charge in [-0.15, -0.1) is 13.2 Å². The Hall–Kier alpha value is -3.08. The van der Waals surface area contributed by atoms with Crippen molar-refractivity contribution in [3.63, 3.8) is 0 Å². The van der Waals surface area contributed by atoms with Gasteiger partial charge in [0.25, 0.3) is 11.5 Å². The summed E-state index contributed by atoms with van der Waals surface area (Å²) in [6.45, 7) is 1.55. The minimum atomic E-state index is -4.79. The van der Waals surface area contributed by atoms with E-state index < -0.39 is 23.9 Å². The van der Waals surface area contributed by atoms with E-state index in [0.717, 1.165) is 50.6 Å². The van der Waals surface area contributed by atoms with Gasteiger partial charge >= 0.3 is 6.36 Å². The number of benzene rings is 1. The van der Waals surface area contributed by atoms with Crippen molar-refractivity contribution < 1.29 is 27.4 Å². The Balaban J connectivity index is 1.76. The topological polar surface area (TPSA) is 96.5 Å². The molecule has 168 valence electrons. The molecule has 0 spiro atoms. The smallest absolute Gasteiger partial charge is 0.406 e. The van der Waals surface area contributed by atoms with Crippen LogP contribution in [0, 0.1) is 0 Å². The molecule has 1 saturated heterocycles. The van der Waals surface area contributed by atoms with Crippen LogP contribution in [0.3, 0.4) is 0 Å². The van der Waals surface area contributed by atoms with Crippen LogP contribution < -0.4 is 20.5 Å². The molecule has 1 fully saturated rings. The fourth-order valence-corrected chi connectivity index (χ4v) is 3.34. The maximum Gasteiger partial charge on any atom is 0.573 e. The van der Waals surface area contributed by atoms with Crippen molar-refractivity contribution in [3.8, 4) is 5.75 Å². The van der Waals surface area contributed by atoms with Crippen molar-refractivity contribution in [2.24, 2.45) is 0 Å². The van der Waals surface area contributed by atoms with E-state index in [-0.39, 0.29) is 18.1 Å². The quantitative estimate of drug-likeness (QED) is 0.688. The van der Waals surface area contributed by atoms with Crippen LogP contribution in [-0.4, -0.2) is 49.0 Å². The molecule has 1 atom stereocenters. The fourth-order valence-electron chi connectivity index (χ4n) is 3.34. The van der Waals surface area contributed by atoms with Crippen molar-refractivity contribution in [1.29, 1.82) is 0 Å². The lowest BCUT2D eigenvalue weighted by Gasteiger charge is -2.27. The van der Waals surface area contributed by atoms with Gasteiger partial charge in [0.1, 0.15) is 11.4 Å². The van der Waals surface area contributed by atoms with E-state index in [4.69, 9.17) is 4.74 Å². The Kier molecular flexibility index (Phi) is 7.16. The Labute approximate surface area is 176 Å². The number of piperidine rings is 1. The van der Waals surface area contributed by atoms with Crippen LogP contribution in [0.5, 0.6) is 5.75 Å². The summed E-state index contributed by atoms with van der Waals surface area (Å²) in [7, 11) is 1.43. The molecule has 1 unspecified atom stereocenters. The lowest BCUT2D eigenvalue weighted by atomic mass is 10.1. The largest absolute Gasteiger partial charge is 0.573 e. The first kappa shape index (κ1) is 22.6. The molecule has 1 aromatic heterocycles. The zero-order chi connectivity index (χ0) is 22.4. The Morgan fingerprint density at radius 2 is 1.90 bits per heavy atom. The summed E-state index contributed by atoms with van der Waals surface area (Å²) < 4.78 is 46.0. The minimum absolute atomic E-state index is 0.0533. The second-order valence-corrected chi connectivity index (χ2v) is 7.10. The number of rotatable bonds is 7. The highest BCUT2D eigenvalue weighted by atomic mass is 19.4.